The van der Waals surface area contributed by atoms with E-state index in [0.29, 0.717) is 6.42 Å². The van der Waals surface area contributed by atoms with E-state index in [1.807, 2.05) is 0 Å². The van der Waals surface area contributed by atoms with Crippen LogP contribution < -0.4 is 0 Å². The molecular formula is C12H13FO3. The zero-order valence-electron chi connectivity index (χ0n) is 8.73. The highest BCUT2D eigenvalue weighted by atomic mass is 19.1. The molecule has 0 saturated heterocycles. The van der Waals surface area contributed by atoms with E-state index in [4.69, 9.17) is 5.26 Å². The smallest absolute Gasteiger partial charge is 0.301 e. The Labute approximate surface area is 92.8 Å². The molecule has 1 saturated carbocycles. The van der Waals surface area contributed by atoms with Crippen LogP contribution in [-0.2, 0) is 9.68 Å². The summed E-state index contributed by atoms with van der Waals surface area (Å²) in [6.07, 6.45) is 2.49. The van der Waals surface area contributed by atoms with E-state index < -0.39 is 5.97 Å². The minimum absolute atomic E-state index is 0.0280. The molecule has 1 aliphatic carbocycles. The molecule has 86 valence electrons. The predicted molar refractivity (Wildman–Crippen MR) is 55.2 cm³/mol. The zero-order chi connectivity index (χ0) is 11.5. The first-order valence-corrected chi connectivity index (χ1v) is 5.33. The van der Waals surface area contributed by atoms with Crippen LogP contribution in [0.2, 0.25) is 0 Å². The van der Waals surface area contributed by atoms with Crippen LogP contribution in [0.4, 0.5) is 4.39 Å². The third-order valence-electron chi connectivity index (χ3n) is 3.21. The van der Waals surface area contributed by atoms with E-state index in [9.17, 15) is 9.18 Å². The standard InChI is InChI=1S/C12H13FO3/c13-9-6-4-8(5-7-9)10-2-1-3-11(10)12(14)16-15/h4-7,10-11,15H,1-3H2/t10-,11+/m1/s1. The minimum Gasteiger partial charge on any atom is -0.301 e. The van der Waals surface area contributed by atoms with Crippen molar-refractivity contribution in [1.29, 1.82) is 0 Å². The molecule has 0 aromatic heterocycles. The van der Waals surface area contributed by atoms with Gasteiger partial charge in [0.05, 0.1) is 5.92 Å². The van der Waals surface area contributed by atoms with E-state index in [2.05, 4.69) is 4.89 Å². The fraction of sp³-hybridized carbons (Fsp3) is 0.417. The molecule has 16 heavy (non-hydrogen) atoms. The zero-order valence-corrected chi connectivity index (χ0v) is 8.73. The van der Waals surface area contributed by atoms with E-state index in [1.54, 1.807) is 12.1 Å². The van der Waals surface area contributed by atoms with E-state index in [0.717, 1.165) is 18.4 Å². The Morgan fingerprint density at radius 1 is 1.31 bits per heavy atom. The second-order valence-corrected chi connectivity index (χ2v) is 4.11. The Hall–Kier alpha value is -1.42. The molecule has 1 N–H and O–H groups in total. The van der Waals surface area contributed by atoms with Crippen LogP contribution in [0.3, 0.4) is 0 Å². The van der Waals surface area contributed by atoms with Gasteiger partial charge in [-0.05, 0) is 36.5 Å². The summed E-state index contributed by atoms with van der Waals surface area (Å²) in [6.45, 7) is 0. The molecule has 1 aromatic carbocycles. The van der Waals surface area contributed by atoms with Gasteiger partial charge in [-0.2, -0.15) is 5.26 Å². The Kier molecular flexibility index (Phi) is 3.19. The van der Waals surface area contributed by atoms with Gasteiger partial charge in [-0.1, -0.05) is 18.6 Å². The third-order valence-corrected chi connectivity index (χ3v) is 3.21. The second-order valence-electron chi connectivity index (χ2n) is 4.11. The van der Waals surface area contributed by atoms with Crippen LogP contribution in [0.15, 0.2) is 24.3 Å². The van der Waals surface area contributed by atoms with Crippen molar-refractivity contribution < 1.29 is 19.3 Å². The van der Waals surface area contributed by atoms with Crippen molar-refractivity contribution >= 4 is 5.97 Å². The highest BCUT2D eigenvalue weighted by Crippen LogP contribution is 2.40. The van der Waals surface area contributed by atoms with Crippen molar-refractivity contribution in [2.24, 2.45) is 5.92 Å². The second kappa shape index (κ2) is 4.61. The van der Waals surface area contributed by atoms with Crippen molar-refractivity contribution in [2.75, 3.05) is 0 Å². The van der Waals surface area contributed by atoms with Crippen molar-refractivity contribution in [3.8, 4) is 0 Å². The number of carbonyl (C=O) groups is 1. The first-order valence-electron chi connectivity index (χ1n) is 5.33. The Bertz CT molecular complexity index is 374. The van der Waals surface area contributed by atoms with Gasteiger partial charge in [-0.15, -0.1) is 0 Å². The predicted octanol–water partition coefficient (Wildman–Crippen LogP) is 2.73. The van der Waals surface area contributed by atoms with E-state index in [1.165, 1.54) is 12.1 Å². The van der Waals surface area contributed by atoms with Gasteiger partial charge in [0.1, 0.15) is 5.82 Å². The van der Waals surface area contributed by atoms with Gasteiger partial charge in [0.15, 0.2) is 0 Å². The summed E-state index contributed by atoms with van der Waals surface area (Å²) < 4.78 is 12.8. The monoisotopic (exact) mass is 224 g/mol. The SMILES string of the molecule is O=C(OO)[C@H]1CCC[C@@H]1c1ccc(F)cc1. The maximum atomic E-state index is 12.8. The van der Waals surface area contributed by atoms with Gasteiger partial charge >= 0.3 is 5.97 Å². The molecule has 0 radical (unpaired) electrons. The van der Waals surface area contributed by atoms with Crippen molar-refractivity contribution in [3.05, 3.63) is 35.6 Å². The summed E-state index contributed by atoms with van der Waals surface area (Å²) in [7, 11) is 0. The van der Waals surface area contributed by atoms with Gasteiger partial charge in [0, 0.05) is 0 Å². The lowest BCUT2D eigenvalue weighted by atomic mass is 9.89. The summed E-state index contributed by atoms with van der Waals surface area (Å²) >= 11 is 0. The molecule has 0 aliphatic heterocycles. The highest BCUT2D eigenvalue weighted by Gasteiger charge is 2.35. The van der Waals surface area contributed by atoms with Crippen LogP contribution >= 0.6 is 0 Å². The first-order chi connectivity index (χ1) is 7.72. The van der Waals surface area contributed by atoms with Gasteiger partial charge in [0.2, 0.25) is 0 Å². The Morgan fingerprint density at radius 2 is 2.00 bits per heavy atom. The fourth-order valence-corrected chi connectivity index (χ4v) is 2.42. The maximum absolute atomic E-state index is 12.8. The third kappa shape index (κ3) is 2.07. The normalized spacial score (nSPS) is 24.4. The van der Waals surface area contributed by atoms with Gasteiger partial charge in [-0.3, -0.25) is 0 Å². The van der Waals surface area contributed by atoms with E-state index >= 15 is 0 Å². The molecule has 0 heterocycles. The summed E-state index contributed by atoms with van der Waals surface area (Å²) in [4.78, 5) is 15.1. The van der Waals surface area contributed by atoms with E-state index in [-0.39, 0.29) is 17.7 Å². The van der Waals surface area contributed by atoms with Crippen LogP contribution in [0, 0.1) is 11.7 Å². The summed E-state index contributed by atoms with van der Waals surface area (Å²) in [5, 5.41) is 8.39. The molecule has 4 heteroatoms. The van der Waals surface area contributed by atoms with Crippen LogP contribution in [-0.4, -0.2) is 11.2 Å². The average molecular weight is 224 g/mol. The van der Waals surface area contributed by atoms with Gasteiger partial charge in [-0.25, -0.2) is 9.18 Å². The van der Waals surface area contributed by atoms with Crippen molar-refractivity contribution in [1.82, 2.24) is 0 Å². The molecule has 2 rings (SSSR count). The minimum atomic E-state index is -0.591. The number of carbonyl (C=O) groups excluding carboxylic acids is 1. The molecule has 0 unspecified atom stereocenters. The first kappa shape index (κ1) is 11.1. The lowest BCUT2D eigenvalue weighted by Crippen LogP contribution is -2.19. The Balaban J connectivity index is 2.19. The van der Waals surface area contributed by atoms with Gasteiger partial charge in [0.25, 0.3) is 0 Å². The highest BCUT2D eigenvalue weighted by molar-refractivity contribution is 5.73. The molecule has 1 fully saturated rings. The molecule has 0 amide bonds. The van der Waals surface area contributed by atoms with Crippen molar-refractivity contribution in [3.63, 3.8) is 0 Å². The van der Waals surface area contributed by atoms with Gasteiger partial charge < -0.3 is 4.89 Å². The lowest BCUT2D eigenvalue weighted by molar-refractivity contribution is -0.239. The lowest BCUT2D eigenvalue weighted by Gasteiger charge is -2.16. The molecule has 0 bridgehead atoms. The van der Waals surface area contributed by atoms with Crippen LogP contribution in [0.5, 0.6) is 0 Å². The topological polar surface area (TPSA) is 46.5 Å². The quantitative estimate of drug-likeness (QED) is 0.620. The summed E-state index contributed by atoms with van der Waals surface area (Å²) in [6, 6.07) is 6.13. The van der Waals surface area contributed by atoms with Crippen LogP contribution in [0.25, 0.3) is 0 Å². The molecule has 3 nitrogen and oxygen atoms in total. The largest absolute Gasteiger partial charge is 0.345 e. The maximum Gasteiger partial charge on any atom is 0.345 e. The number of rotatable bonds is 2. The summed E-state index contributed by atoms with van der Waals surface area (Å²) in [5.41, 5.74) is 0.925. The number of hydrogen-bond acceptors (Lipinski definition) is 3. The molecule has 2 atom stereocenters. The molecule has 1 aliphatic rings. The number of benzene rings is 1. The molecule has 1 aromatic rings. The summed E-state index contributed by atoms with van der Waals surface area (Å²) in [5.74, 6) is -1.16. The average Bonchev–Trinajstić information content (AvgIpc) is 2.78. The number of halogens is 1. The van der Waals surface area contributed by atoms with Crippen molar-refractivity contribution in [2.45, 2.75) is 25.2 Å². The van der Waals surface area contributed by atoms with Crippen LogP contribution in [0.1, 0.15) is 30.7 Å². The molecule has 0 spiro atoms. The number of hydrogen-bond donors (Lipinski definition) is 1. The Morgan fingerprint density at radius 3 is 2.62 bits per heavy atom. The fourth-order valence-electron chi connectivity index (χ4n) is 2.42. The molecular weight excluding hydrogens is 211 g/mol.